The summed E-state index contributed by atoms with van der Waals surface area (Å²) in [5.74, 6) is 1.92. The highest BCUT2D eigenvalue weighted by atomic mass is 127. The molecule has 0 spiro atoms. The van der Waals surface area contributed by atoms with Crippen LogP contribution < -0.4 is 10.6 Å². The van der Waals surface area contributed by atoms with Crippen molar-refractivity contribution in [3.63, 3.8) is 0 Å². The van der Waals surface area contributed by atoms with Crippen molar-refractivity contribution in [2.45, 2.75) is 40.3 Å². The molecule has 0 saturated heterocycles. The van der Waals surface area contributed by atoms with Gasteiger partial charge in [-0.25, -0.2) is 4.99 Å². The van der Waals surface area contributed by atoms with Gasteiger partial charge in [-0.05, 0) is 27.7 Å². The first kappa shape index (κ1) is 16.1. The van der Waals surface area contributed by atoms with Crippen molar-refractivity contribution in [2.75, 3.05) is 6.54 Å². The van der Waals surface area contributed by atoms with Gasteiger partial charge in [-0.2, -0.15) is 4.98 Å². The van der Waals surface area contributed by atoms with Crippen molar-refractivity contribution in [1.29, 1.82) is 0 Å². The van der Waals surface area contributed by atoms with Crippen LogP contribution in [0, 0.1) is 6.92 Å². The van der Waals surface area contributed by atoms with E-state index in [0.717, 1.165) is 12.5 Å². The summed E-state index contributed by atoms with van der Waals surface area (Å²) in [5, 5.41) is 10.1. The van der Waals surface area contributed by atoms with Crippen LogP contribution in [0.15, 0.2) is 9.52 Å². The zero-order valence-corrected chi connectivity index (χ0v) is 13.0. The topological polar surface area (TPSA) is 75.3 Å². The fourth-order valence-corrected chi connectivity index (χ4v) is 1.14. The molecule has 0 saturated carbocycles. The summed E-state index contributed by atoms with van der Waals surface area (Å²) in [4.78, 5) is 8.42. The number of aromatic nitrogens is 2. The van der Waals surface area contributed by atoms with E-state index in [1.807, 2.05) is 6.92 Å². The second kappa shape index (κ2) is 8.26. The molecule has 7 heteroatoms. The smallest absolute Gasteiger partial charge is 0.248 e. The number of aliphatic imine (C=N–C) groups is 1. The third-order valence-electron chi connectivity index (χ3n) is 1.71. The van der Waals surface area contributed by atoms with Crippen LogP contribution in [0.1, 0.15) is 32.5 Å². The maximum Gasteiger partial charge on any atom is 0.248 e. The Kier molecular flexibility index (Phi) is 7.85. The van der Waals surface area contributed by atoms with Crippen LogP contribution in [-0.2, 0) is 6.54 Å². The Balaban J connectivity index is 0.00000256. The molecule has 0 unspecified atom stereocenters. The van der Waals surface area contributed by atoms with E-state index >= 15 is 0 Å². The molecule has 17 heavy (non-hydrogen) atoms. The summed E-state index contributed by atoms with van der Waals surface area (Å²) in [7, 11) is 0. The maximum atomic E-state index is 4.97. The van der Waals surface area contributed by atoms with Gasteiger partial charge in [0.25, 0.3) is 0 Å². The fourth-order valence-electron chi connectivity index (χ4n) is 1.14. The van der Waals surface area contributed by atoms with Gasteiger partial charge in [0.05, 0.1) is 0 Å². The molecule has 0 aliphatic carbocycles. The van der Waals surface area contributed by atoms with E-state index < -0.39 is 0 Å². The molecule has 98 valence electrons. The van der Waals surface area contributed by atoms with E-state index in [-0.39, 0.29) is 24.0 Å². The van der Waals surface area contributed by atoms with E-state index in [1.54, 1.807) is 6.92 Å². The normalized spacial score (nSPS) is 11.2. The lowest BCUT2D eigenvalue weighted by Crippen LogP contribution is -2.41. The number of hydrogen-bond donors (Lipinski definition) is 2. The van der Waals surface area contributed by atoms with Crippen molar-refractivity contribution in [3.8, 4) is 0 Å². The molecule has 0 atom stereocenters. The Morgan fingerprint density at radius 1 is 1.47 bits per heavy atom. The third-order valence-corrected chi connectivity index (χ3v) is 1.71. The highest BCUT2D eigenvalue weighted by Gasteiger charge is 2.03. The third kappa shape index (κ3) is 6.44. The molecule has 0 aromatic carbocycles. The molecule has 1 heterocycles. The fraction of sp³-hybridized carbons (Fsp3) is 0.700. The van der Waals surface area contributed by atoms with E-state index in [2.05, 4.69) is 39.6 Å². The number of rotatable bonds is 4. The second-order valence-corrected chi connectivity index (χ2v) is 3.73. The maximum absolute atomic E-state index is 4.97. The van der Waals surface area contributed by atoms with E-state index in [9.17, 15) is 0 Å². The van der Waals surface area contributed by atoms with Gasteiger partial charge >= 0.3 is 0 Å². The molecule has 0 aliphatic rings. The van der Waals surface area contributed by atoms with E-state index in [1.165, 1.54) is 0 Å². The van der Waals surface area contributed by atoms with E-state index in [0.29, 0.717) is 24.3 Å². The van der Waals surface area contributed by atoms with Gasteiger partial charge in [0.1, 0.15) is 6.54 Å². The number of nitrogens with one attached hydrogen (secondary N) is 2. The lowest BCUT2D eigenvalue weighted by atomic mass is 10.4. The van der Waals surface area contributed by atoms with Crippen molar-refractivity contribution >= 4 is 29.9 Å². The molecule has 0 aliphatic heterocycles. The average molecular weight is 353 g/mol. The highest BCUT2D eigenvalue weighted by Crippen LogP contribution is 1.97. The minimum Gasteiger partial charge on any atom is -0.357 e. The molecule has 0 bridgehead atoms. The van der Waals surface area contributed by atoms with Crippen LogP contribution in [0.25, 0.3) is 0 Å². The summed E-state index contributed by atoms with van der Waals surface area (Å²) in [6, 6.07) is 0.335. The Labute approximate surface area is 119 Å². The number of halogens is 1. The van der Waals surface area contributed by atoms with Crippen molar-refractivity contribution in [1.82, 2.24) is 20.8 Å². The molecule has 0 radical (unpaired) electrons. The largest absolute Gasteiger partial charge is 0.357 e. The first-order valence-corrected chi connectivity index (χ1v) is 5.45. The predicted molar refractivity (Wildman–Crippen MR) is 77.5 cm³/mol. The van der Waals surface area contributed by atoms with Gasteiger partial charge in [-0.3, -0.25) is 0 Å². The number of aryl methyl sites for hydroxylation is 1. The molecular weight excluding hydrogens is 333 g/mol. The number of hydrogen-bond acceptors (Lipinski definition) is 4. The minimum absolute atomic E-state index is 0. The van der Waals surface area contributed by atoms with Crippen LogP contribution in [-0.4, -0.2) is 28.7 Å². The van der Waals surface area contributed by atoms with Gasteiger partial charge < -0.3 is 15.2 Å². The van der Waals surface area contributed by atoms with Gasteiger partial charge in [-0.1, -0.05) is 5.16 Å². The molecule has 6 nitrogen and oxygen atoms in total. The summed E-state index contributed by atoms with van der Waals surface area (Å²) < 4.78 is 4.97. The van der Waals surface area contributed by atoms with Crippen molar-refractivity contribution < 1.29 is 4.52 Å². The summed E-state index contributed by atoms with van der Waals surface area (Å²) >= 11 is 0. The zero-order chi connectivity index (χ0) is 12.0. The lowest BCUT2D eigenvalue weighted by Gasteiger charge is -2.13. The van der Waals surface area contributed by atoms with Crippen molar-refractivity contribution in [3.05, 3.63) is 11.7 Å². The molecule has 1 aromatic rings. The molecular formula is C10H20IN5O. The highest BCUT2D eigenvalue weighted by molar-refractivity contribution is 14.0. The standard InChI is InChI=1S/C10H19N5O.HI/c1-5-11-10(13-7(2)3)12-6-9-14-8(4)15-16-9;/h7H,5-6H2,1-4H3,(H2,11,12,13);1H. The Morgan fingerprint density at radius 3 is 2.65 bits per heavy atom. The summed E-state index contributed by atoms with van der Waals surface area (Å²) in [6.45, 7) is 9.14. The molecule has 1 rings (SSSR count). The van der Waals surface area contributed by atoms with Crippen LogP contribution in [0.5, 0.6) is 0 Å². The van der Waals surface area contributed by atoms with Crippen LogP contribution >= 0.6 is 24.0 Å². The monoisotopic (exact) mass is 353 g/mol. The number of nitrogens with zero attached hydrogens (tertiary/aromatic N) is 3. The Bertz CT molecular complexity index is 350. The SMILES string of the molecule is CCNC(=NCc1nc(C)no1)NC(C)C.I. The van der Waals surface area contributed by atoms with Gasteiger partial charge in [0.2, 0.25) is 5.89 Å². The first-order chi connectivity index (χ1) is 7.61. The van der Waals surface area contributed by atoms with Gasteiger partial charge in [-0.15, -0.1) is 24.0 Å². The lowest BCUT2D eigenvalue weighted by molar-refractivity contribution is 0.376. The van der Waals surface area contributed by atoms with Crippen LogP contribution in [0.3, 0.4) is 0 Å². The van der Waals surface area contributed by atoms with E-state index in [4.69, 9.17) is 4.52 Å². The Hall–Kier alpha value is -0.860. The molecule has 2 N–H and O–H groups in total. The quantitative estimate of drug-likeness (QED) is 0.487. The average Bonchev–Trinajstić information content (AvgIpc) is 2.60. The van der Waals surface area contributed by atoms with Crippen LogP contribution in [0.2, 0.25) is 0 Å². The summed E-state index contributed by atoms with van der Waals surface area (Å²) in [5.41, 5.74) is 0. The first-order valence-electron chi connectivity index (χ1n) is 5.45. The van der Waals surface area contributed by atoms with Crippen molar-refractivity contribution in [2.24, 2.45) is 4.99 Å². The minimum atomic E-state index is 0. The molecule has 0 amide bonds. The van der Waals surface area contributed by atoms with Crippen LogP contribution in [0.4, 0.5) is 0 Å². The number of guanidine groups is 1. The molecule has 1 aromatic heterocycles. The second-order valence-electron chi connectivity index (χ2n) is 3.73. The predicted octanol–water partition coefficient (Wildman–Crippen LogP) is 1.46. The molecule has 0 fully saturated rings. The van der Waals surface area contributed by atoms with Gasteiger partial charge in [0, 0.05) is 12.6 Å². The van der Waals surface area contributed by atoms with Gasteiger partial charge in [0.15, 0.2) is 11.8 Å². The zero-order valence-electron chi connectivity index (χ0n) is 10.6. The summed E-state index contributed by atoms with van der Waals surface area (Å²) in [6.07, 6.45) is 0. The Morgan fingerprint density at radius 2 is 2.18 bits per heavy atom.